The van der Waals surface area contributed by atoms with E-state index < -0.39 is 0 Å². The van der Waals surface area contributed by atoms with Crippen LogP contribution in [0.25, 0.3) is 10.8 Å². The van der Waals surface area contributed by atoms with E-state index in [2.05, 4.69) is 10.6 Å². The number of benzene rings is 2. The summed E-state index contributed by atoms with van der Waals surface area (Å²) in [5, 5.41) is 18.5. The third-order valence-corrected chi connectivity index (χ3v) is 3.79. The zero-order valence-electron chi connectivity index (χ0n) is 11.2. The van der Waals surface area contributed by atoms with Gasteiger partial charge in [-0.2, -0.15) is 0 Å². The summed E-state index contributed by atoms with van der Waals surface area (Å²) in [6.07, 6.45) is 1.50. The average molecular weight is 270 g/mol. The second-order valence-electron chi connectivity index (χ2n) is 5.22. The summed E-state index contributed by atoms with van der Waals surface area (Å²) in [4.78, 5) is 11.1. The summed E-state index contributed by atoms with van der Waals surface area (Å²) in [6.45, 7) is 1.33. The lowest BCUT2D eigenvalue weighted by molar-refractivity contribution is -0.119. The summed E-state index contributed by atoms with van der Waals surface area (Å²) >= 11 is 0. The van der Waals surface area contributed by atoms with Crippen molar-refractivity contribution in [1.82, 2.24) is 10.6 Å². The number of nitrogens with one attached hydrogen (secondary N) is 2. The molecule has 1 aliphatic rings. The molecule has 2 aromatic carbocycles. The van der Waals surface area contributed by atoms with Crippen LogP contribution in [0.4, 0.5) is 0 Å². The molecular formula is C16H18N2O2. The van der Waals surface area contributed by atoms with E-state index >= 15 is 0 Å². The lowest BCUT2D eigenvalue weighted by Crippen LogP contribution is -2.35. The van der Waals surface area contributed by atoms with Gasteiger partial charge in [0.05, 0.1) is 0 Å². The molecule has 104 valence electrons. The van der Waals surface area contributed by atoms with Crippen molar-refractivity contribution in [3.63, 3.8) is 0 Å². The molecule has 1 saturated heterocycles. The van der Waals surface area contributed by atoms with E-state index in [-0.39, 0.29) is 11.9 Å². The number of amides is 1. The predicted molar refractivity (Wildman–Crippen MR) is 78.5 cm³/mol. The molecule has 3 rings (SSSR count). The minimum absolute atomic E-state index is 0.129. The van der Waals surface area contributed by atoms with Crippen LogP contribution < -0.4 is 10.6 Å². The maximum absolute atomic E-state index is 11.1. The molecule has 0 aliphatic carbocycles. The first-order chi connectivity index (χ1) is 9.74. The SMILES string of the molecule is O=C1CCC(CNCc2c(O)ccc3ccccc23)N1. The van der Waals surface area contributed by atoms with Crippen molar-refractivity contribution in [2.75, 3.05) is 6.54 Å². The normalized spacial score (nSPS) is 18.4. The molecule has 1 unspecified atom stereocenters. The van der Waals surface area contributed by atoms with E-state index in [0.717, 1.165) is 29.3 Å². The highest BCUT2D eigenvalue weighted by Gasteiger charge is 2.20. The summed E-state index contributed by atoms with van der Waals surface area (Å²) < 4.78 is 0. The molecule has 1 amide bonds. The Kier molecular flexibility index (Phi) is 3.56. The lowest BCUT2D eigenvalue weighted by Gasteiger charge is -2.13. The first-order valence-electron chi connectivity index (χ1n) is 6.94. The number of fused-ring (bicyclic) bond motifs is 1. The fraction of sp³-hybridized carbons (Fsp3) is 0.312. The van der Waals surface area contributed by atoms with E-state index in [1.54, 1.807) is 6.07 Å². The fourth-order valence-electron chi connectivity index (χ4n) is 2.71. The molecule has 1 atom stereocenters. The molecular weight excluding hydrogens is 252 g/mol. The number of rotatable bonds is 4. The predicted octanol–water partition coefficient (Wildman–Crippen LogP) is 1.91. The Morgan fingerprint density at radius 3 is 2.90 bits per heavy atom. The number of phenolic OH excluding ortho intramolecular Hbond substituents is 1. The van der Waals surface area contributed by atoms with Gasteiger partial charge in [0.15, 0.2) is 0 Å². The van der Waals surface area contributed by atoms with E-state index in [4.69, 9.17) is 0 Å². The van der Waals surface area contributed by atoms with E-state index in [1.807, 2.05) is 30.3 Å². The molecule has 0 aromatic heterocycles. The molecule has 0 bridgehead atoms. The van der Waals surface area contributed by atoms with Gasteiger partial charge in [0.1, 0.15) is 5.75 Å². The lowest BCUT2D eigenvalue weighted by atomic mass is 10.0. The van der Waals surface area contributed by atoms with Crippen LogP contribution in [0.5, 0.6) is 5.75 Å². The van der Waals surface area contributed by atoms with E-state index in [9.17, 15) is 9.90 Å². The van der Waals surface area contributed by atoms with Gasteiger partial charge in [0.25, 0.3) is 0 Å². The number of carbonyl (C=O) groups is 1. The number of aromatic hydroxyl groups is 1. The Balaban J connectivity index is 1.70. The maximum atomic E-state index is 11.1. The van der Waals surface area contributed by atoms with Crippen LogP contribution in [0.2, 0.25) is 0 Å². The number of hydrogen-bond donors (Lipinski definition) is 3. The first kappa shape index (κ1) is 12.9. The number of hydrogen-bond acceptors (Lipinski definition) is 3. The fourth-order valence-corrected chi connectivity index (χ4v) is 2.71. The Labute approximate surface area is 117 Å². The van der Waals surface area contributed by atoms with Crippen LogP contribution in [-0.2, 0) is 11.3 Å². The van der Waals surface area contributed by atoms with Gasteiger partial charge in [-0.3, -0.25) is 4.79 Å². The van der Waals surface area contributed by atoms with E-state index in [1.165, 1.54) is 0 Å². The van der Waals surface area contributed by atoms with Gasteiger partial charge in [-0.15, -0.1) is 0 Å². The van der Waals surface area contributed by atoms with Crippen molar-refractivity contribution in [2.24, 2.45) is 0 Å². The average Bonchev–Trinajstić information content (AvgIpc) is 2.87. The van der Waals surface area contributed by atoms with Crippen molar-refractivity contribution in [1.29, 1.82) is 0 Å². The van der Waals surface area contributed by atoms with Crippen LogP contribution in [-0.4, -0.2) is 23.6 Å². The smallest absolute Gasteiger partial charge is 0.220 e. The molecule has 0 saturated carbocycles. The second kappa shape index (κ2) is 5.51. The highest BCUT2D eigenvalue weighted by molar-refractivity contribution is 5.87. The van der Waals surface area contributed by atoms with Crippen LogP contribution >= 0.6 is 0 Å². The Morgan fingerprint density at radius 2 is 2.10 bits per heavy atom. The standard InChI is InChI=1S/C16H18N2O2/c19-15-7-5-11-3-1-2-4-13(11)14(15)10-17-9-12-6-8-16(20)18-12/h1-5,7,12,17,19H,6,8-10H2,(H,18,20). The molecule has 4 nitrogen and oxygen atoms in total. The van der Waals surface area contributed by atoms with Crippen LogP contribution in [0.3, 0.4) is 0 Å². The zero-order valence-corrected chi connectivity index (χ0v) is 11.2. The van der Waals surface area contributed by atoms with E-state index in [0.29, 0.717) is 18.7 Å². The molecule has 20 heavy (non-hydrogen) atoms. The van der Waals surface area contributed by atoms with Crippen molar-refractivity contribution >= 4 is 16.7 Å². The summed E-state index contributed by atoms with van der Waals surface area (Å²) in [6, 6.07) is 11.9. The van der Waals surface area contributed by atoms with Crippen LogP contribution in [0.1, 0.15) is 18.4 Å². The monoisotopic (exact) mass is 270 g/mol. The van der Waals surface area contributed by atoms with Gasteiger partial charge in [-0.1, -0.05) is 30.3 Å². The summed E-state index contributed by atoms with van der Waals surface area (Å²) in [7, 11) is 0. The summed E-state index contributed by atoms with van der Waals surface area (Å²) in [5.41, 5.74) is 0.910. The Bertz CT molecular complexity index is 639. The van der Waals surface area contributed by atoms with Gasteiger partial charge in [-0.25, -0.2) is 0 Å². The molecule has 0 radical (unpaired) electrons. The number of carbonyl (C=O) groups excluding carboxylic acids is 1. The topological polar surface area (TPSA) is 61.4 Å². The quantitative estimate of drug-likeness (QED) is 0.795. The highest BCUT2D eigenvalue weighted by atomic mass is 16.3. The van der Waals surface area contributed by atoms with Gasteiger partial charge in [0.2, 0.25) is 5.91 Å². The van der Waals surface area contributed by atoms with Gasteiger partial charge < -0.3 is 15.7 Å². The number of phenols is 1. The largest absolute Gasteiger partial charge is 0.508 e. The third kappa shape index (κ3) is 2.60. The highest BCUT2D eigenvalue weighted by Crippen LogP contribution is 2.26. The molecule has 0 spiro atoms. The molecule has 1 fully saturated rings. The summed E-state index contributed by atoms with van der Waals surface area (Å²) in [5.74, 6) is 0.441. The van der Waals surface area contributed by atoms with Gasteiger partial charge in [0, 0.05) is 31.1 Å². The van der Waals surface area contributed by atoms with Crippen molar-refractivity contribution in [3.05, 3.63) is 42.0 Å². The van der Waals surface area contributed by atoms with Crippen LogP contribution in [0.15, 0.2) is 36.4 Å². The molecule has 4 heteroatoms. The van der Waals surface area contributed by atoms with Crippen LogP contribution in [0, 0.1) is 0 Å². The molecule has 1 aliphatic heterocycles. The Morgan fingerprint density at radius 1 is 1.25 bits per heavy atom. The molecule has 2 aromatic rings. The van der Waals surface area contributed by atoms with Crippen molar-refractivity contribution in [3.8, 4) is 5.75 Å². The first-order valence-corrected chi connectivity index (χ1v) is 6.94. The van der Waals surface area contributed by atoms with Crippen molar-refractivity contribution in [2.45, 2.75) is 25.4 Å². The molecule has 1 heterocycles. The molecule has 3 N–H and O–H groups in total. The third-order valence-electron chi connectivity index (χ3n) is 3.79. The van der Waals surface area contributed by atoms with Gasteiger partial charge in [-0.05, 0) is 23.3 Å². The Hall–Kier alpha value is -2.07. The minimum Gasteiger partial charge on any atom is -0.508 e. The van der Waals surface area contributed by atoms with Crippen molar-refractivity contribution < 1.29 is 9.90 Å². The second-order valence-corrected chi connectivity index (χ2v) is 5.22. The minimum atomic E-state index is 0.129. The maximum Gasteiger partial charge on any atom is 0.220 e. The zero-order chi connectivity index (χ0) is 13.9. The van der Waals surface area contributed by atoms with Gasteiger partial charge >= 0.3 is 0 Å².